The maximum absolute atomic E-state index is 12.6. The Morgan fingerprint density at radius 2 is 2.03 bits per heavy atom. The summed E-state index contributed by atoms with van der Waals surface area (Å²) >= 11 is 3.01. The van der Waals surface area contributed by atoms with Gasteiger partial charge in [0.1, 0.15) is 16.9 Å². The van der Waals surface area contributed by atoms with Crippen LogP contribution in [-0.2, 0) is 24.2 Å². The van der Waals surface area contributed by atoms with E-state index in [1.165, 1.54) is 48.7 Å². The Kier molecular flexibility index (Phi) is 6.56. The molecule has 2 heterocycles. The lowest BCUT2D eigenvalue weighted by molar-refractivity contribution is -0.113. The number of rotatable bonds is 6. The Morgan fingerprint density at radius 3 is 2.79 bits per heavy atom. The fraction of sp³-hybridized carbons (Fsp3) is 0.619. The number of hydrogen-bond acceptors (Lipinski definition) is 6. The number of nitrogens with one attached hydrogen (secondary N) is 1. The molecule has 0 saturated heterocycles. The molecule has 4 rings (SSSR count). The van der Waals surface area contributed by atoms with Crippen molar-refractivity contribution in [3.05, 3.63) is 21.8 Å². The molecule has 1 saturated carbocycles. The Labute approximate surface area is 180 Å². The van der Waals surface area contributed by atoms with Gasteiger partial charge in [-0.15, -0.1) is 21.5 Å². The number of aromatic nitrogens is 3. The molecule has 2 aliphatic rings. The fourth-order valence-electron chi connectivity index (χ4n) is 4.43. The van der Waals surface area contributed by atoms with Crippen LogP contribution in [0.1, 0.15) is 79.6 Å². The fourth-order valence-corrected chi connectivity index (χ4v) is 6.50. The number of nitriles is 1. The van der Waals surface area contributed by atoms with Gasteiger partial charge < -0.3 is 9.88 Å². The summed E-state index contributed by atoms with van der Waals surface area (Å²) in [6.07, 6.45) is 10.4. The van der Waals surface area contributed by atoms with E-state index in [0.29, 0.717) is 16.5 Å². The van der Waals surface area contributed by atoms with Crippen molar-refractivity contribution in [2.45, 2.75) is 82.3 Å². The highest BCUT2D eigenvalue weighted by molar-refractivity contribution is 7.99. The Balaban J connectivity index is 1.42. The summed E-state index contributed by atoms with van der Waals surface area (Å²) in [5, 5.41) is 22.9. The van der Waals surface area contributed by atoms with Gasteiger partial charge in [0, 0.05) is 17.3 Å². The molecular formula is C21H27N5OS2. The predicted octanol–water partition coefficient (Wildman–Crippen LogP) is 4.89. The van der Waals surface area contributed by atoms with Crippen LogP contribution in [0.25, 0.3) is 0 Å². The molecule has 2 aromatic heterocycles. The monoisotopic (exact) mass is 429 g/mol. The second kappa shape index (κ2) is 9.31. The van der Waals surface area contributed by atoms with E-state index < -0.39 is 0 Å². The number of nitrogens with zero attached hydrogens (tertiary/aromatic N) is 4. The molecule has 1 N–H and O–H groups in total. The topological polar surface area (TPSA) is 83.6 Å². The lowest BCUT2D eigenvalue weighted by Gasteiger charge is -2.11. The van der Waals surface area contributed by atoms with Gasteiger partial charge in [-0.1, -0.05) is 31.0 Å². The smallest absolute Gasteiger partial charge is 0.235 e. The van der Waals surface area contributed by atoms with E-state index >= 15 is 0 Å². The van der Waals surface area contributed by atoms with E-state index in [0.717, 1.165) is 48.8 Å². The molecule has 1 fully saturated rings. The van der Waals surface area contributed by atoms with Crippen LogP contribution in [0.15, 0.2) is 5.16 Å². The molecule has 0 spiro atoms. The van der Waals surface area contributed by atoms with Crippen molar-refractivity contribution in [3.63, 3.8) is 0 Å². The molecule has 0 aromatic carbocycles. The average Bonchev–Trinajstić information content (AvgIpc) is 3.41. The van der Waals surface area contributed by atoms with Crippen molar-refractivity contribution in [2.24, 2.45) is 0 Å². The quantitative estimate of drug-likeness (QED) is 0.522. The number of carbonyl (C=O) groups excluding carboxylic acids is 1. The van der Waals surface area contributed by atoms with Crippen LogP contribution in [-0.4, -0.2) is 26.4 Å². The molecule has 8 heteroatoms. The number of thioether (sulfide) groups is 1. The molecule has 2 aliphatic carbocycles. The number of aryl methyl sites for hydroxylation is 1. The van der Waals surface area contributed by atoms with E-state index in [9.17, 15) is 10.1 Å². The van der Waals surface area contributed by atoms with Crippen molar-refractivity contribution >= 4 is 34.0 Å². The zero-order valence-corrected chi connectivity index (χ0v) is 18.5. The highest BCUT2D eigenvalue weighted by Gasteiger charge is 2.25. The molecule has 0 radical (unpaired) electrons. The summed E-state index contributed by atoms with van der Waals surface area (Å²) in [4.78, 5) is 13.9. The summed E-state index contributed by atoms with van der Waals surface area (Å²) in [6, 6.07) is 2.33. The van der Waals surface area contributed by atoms with Crippen LogP contribution in [0.5, 0.6) is 0 Å². The standard InChI is InChI=1S/C21H27N5OS2/c1-2-26-19(14-8-6-7-9-14)24-25-21(26)28-13-18(27)23-20-16(12-22)15-10-4-3-5-11-17(15)29-20/h14H,2-11,13H2,1H3,(H,23,27). The second-order valence-electron chi connectivity index (χ2n) is 7.78. The van der Waals surface area contributed by atoms with Gasteiger partial charge in [0.25, 0.3) is 0 Å². The summed E-state index contributed by atoms with van der Waals surface area (Å²) in [5.41, 5.74) is 1.83. The molecule has 6 nitrogen and oxygen atoms in total. The van der Waals surface area contributed by atoms with E-state index in [4.69, 9.17) is 0 Å². The van der Waals surface area contributed by atoms with Crippen molar-refractivity contribution in [2.75, 3.05) is 11.1 Å². The second-order valence-corrected chi connectivity index (χ2v) is 9.83. The first-order valence-corrected chi connectivity index (χ1v) is 12.4. The first-order chi connectivity index (χ1) is 14.2. The first kappa shape index (κ1) is 20.4. The number of hydrogen-bond donors (Lipinski definition) is 1. The third kappa shape index (κ3) is 4.36. The molecule has 154 valence electrons. The van der Waals surface area contributed by atoms with Crippen molar-refractivity contribution in [1.82, 2.24) is 14.8 Å². The van der Waals surface area contributed by atoms with Gasteiger partial charge in [-0.25, -0.2) is 0 Å². The number of fused-ring (bicyclic) bond motifs is 1. The van der Waals surface area contributed by atoms with Gasteiger partial charge in [-0.05, 0) is 51.0 Å². The molecule has 0 unspecified atom stereocenters. The van der Waals surface area contributed by atoms with Gasteiger partial charge in [0.2, 0.25) is 5.91 Å². The van der Waals surface area contributed by atoms with Crippen LogP contribution in [0.4, 0.5) is 5.00 Å². The molecule has 2 aromatic rings. The highest BCUT2D eigenvalue weighted by Crippen LogP contribution is 2.37. The van der Waals surface area contributed by atoms with Crippen molar-refractivity contribution in [1.29, 1.82) is 5.26 Å². The van der Waals surface area contributed by atoms with Crippen LogP contribution in [0.3, 0.4) is 0 Å². The number of anilines is 1. The normalized spacial score (nSPS) is 17.0. The molecule has 0 atom stereocenters. The average molecular weight is 430 g/mol. The van der Waals surface area contributed by atoms with Gasteiger partial charge in [0.05, 0.1) is 11.3 Å². The minimum atomic E-state index is -0.0871. The van der Waals surface area contributed by atoms with Gasteiger partial charge in [0.15, 0.2) is 5.16 Å². The minimum Gasteiger partial charge on any atom is -0.316 e. The van der Waals surface area contributed by atoms with Crippen LogP contribution in [0, 0.1) is 11.3 Å². The maximum Gasteiger partial charge on any atom is 0.235 e. The summed E-state index contributed by atoms with van der Waals surface area (Å²) in [6.45, 7) is 2.92. The third-order valence-electron chi connectivity index (χ3n) is 5.90. The van der Waals surface area contributed by atoms with Gasteiger partial charge >= 0.3 is 0 Å². The van der Waals surface area contributed by atoms with Gasteiger partial charge in [-0.2, -0.15) is 5.26 Å². The largest absolute Gasteiger partial charge is 0.316 e. The third-order valence-corrected chi connectivity index (χ3v) is 8.07. The summed E-state index contributed by atoms with van der Waals surface area (Å²) < 4.78 is 2.15. The predicted molar refractivity (Wildman–Crippen MR) is 117 cm³/mol. The van der Waals surface area contributed by atoms with Crippen molar-refractivity contribution in [3.8, 4) is 6.07 Å². The number of thiophene rings is 1. The van der Waals surface area contributed by atoms with Crippen LogP contribution < -0.4 is 5.32 Å². The maximum atomic E-state index is 12.6. The molecule has 1 amide bonds. The minimum absolute atomic E-state index is 0.0871. The Hall–Kier alpha value is -1.85. The van der Waals surface area contributed by atoms with Crippen LogP contribution in [0.2, 0.25) is 0 Å². The summed E-state index contributed by atoms with van der Waals surface area (Å²) in [5.74, 6) is 1.76. The van der Waals surface area contributed by atoms with Crippen molar-refractivity contribution < 1.29 is 4.79 Å². The molecular weight excluding hydrogens is 402 g/mol. The van der Waals surface area contributed by atoms with E-state index in [-0.39, 0.29) is 11.7 Å². The Morgan fingerprint density at radius 1 is 1.24 bits per heavy atom. The number of carbonyl (C=O) groups is 1. The Bertz CT molecular complexity index is 920. The van der Waals surface area contributed by atoms with E-state index in [1.807, 2.05) is 0 Å². The molecule has 0 aliphatic heterocycles. The van der Waals surface area contributed by atoms with Crippen LogP contribution >= 0.6 is 23.1 Å². The lowest BCUT2D eigenvalue weighted by Crippen LogP contribution is -2.15. The lowest BCUT2D eigenvalue weighted by atomic mass is 10.1. The van der Waals surface area contributed by atoms with Gasteiger partial charge in [-0.3, -0.25) is 4.79 Å². The first-order valence-electron chi connectivity index (χ1n) is 10.6. The molecule has 0 bridgehead atoms. The number of amides is 1. The summed E-state index contributed by atoms with van der Waals surface area (Å²) in [7, 11) is 0. The molecule has 29 heavy (non-hydrogen) atoms. The zero-order chi connectivity index (χ0) is 20.2. The SMILES string of the molecule is CCn1c(SCC(=O)Nc2sc3c(c2C#N)CCCCC3)nnc1C1CCCC1. The van der Waals surface area contributed by atoms with E-state index in [2.05, 4.69) is 33.1 Å². The highest BCUT2D eigenvalue weighted by atomic mass is 32.2. The van der Waals surface area contributed by atoms with E-state index in [1.54, 1.807) is 11.3 Å². The zero-order valence-electron chi connectivity index (χ0n) is 16.9.